The van der Waals surface area contributed by atoms with Crippen molar-refractivity contribution in [3.05, 3.63) is 0 Å². The first-order chi connectivity index (χ1) is 8.06. The number of carbonyl (C=O) groups is 2. The molecule has 1 aliphatic rings. The van der Waals surface area contributed by atoms with Crippen LogP contribution < -0.4 is 5.32 Å². The van der Waals surface area contributed by atoms with Crippen molar-refractivity contribution in [2.75, 3.05) is 0 Å². The van der Waals surface area contributed by atoms with E-state index in [2.05, 4.69) is 11.2 Å². The molecule has 0 aromatic rings. The van der Waals surface area contributed by atoms with Gasteiger partial charge in [-0.2, -0.15) is 0 Å². The Morgan fingerprint density at radius 2 is 2.00 bits per heavy atom. The minimum absolute atomic E-state index is 0.0936. The summed E-state index contributed by atoms with van der Waals surface area (Å²) in [5.41, 5.74) is 0. The summed E-state index contributed by atoms with van der Waals surface area (Å²) in [4.78, 5) is 23.0. The Balaban J connectivity index is 2.59. The highest BCUT2D eigenvalue weighted by atomic mass is 16.4. The molecule has 0 radical (unpaired) electrons. The van der Waals surface area contributed by atoms with Gasteiger partial charge in [0.05, 0.1) is 11.8 Å². The van der Waals surface area contributed by atoms with Crippen LogP contribution in [0.3, 0.4) is 0 Å². The lowest BCUT2D eigenvalue weighted by molar-refractivity contribution is -0.149. The maximum atomic E-state index is 12.0. The van der Waals surface area contributed by atoms with E-state index < -0.39 is 17.8 Å². The SMILES string of the molecule is C#CCC(C)NC(=O)C1CCCCC1C(=O)O. The van der Waals surface area contributed by atoms with Crippen LogP contribution in [0.2, 0.25) is 0 Å². The molecule has 4 nitrogen and oxygen atoms in total. The molecule has 0 heterocycles. The second-order valence-electron chi connectivity index (χ2n) is 4.65. The van der Waals surface area contributed by atoms with E-state index in [-0.39, 0.29) is 11.9 Å². The van der Waals surface area contributed by atoms with E-state index in [1.807, 2.05) is 6.92 Å². The molecule has 0 aromatic heterocycles. The fraction of sp³-hybridized carbons (Fsp3) is 0.692. The van der Waals surface area contributed by atoms with Crippen molar-refractivity contribution in [3.8, 4) is 12.3 Å². The molecule has 0 aliphatic heterocycles. The summed E-state index contributed by atoms with van der Waals surface area (Å²) in [6.07, 6.45) is 8.70. The smallest absolute Gasteiger partial charge is 0.307 e. The molecule has 0 saturated heterocycles. The normalized spacial score (nSPS) is 25.6. The third-order valence-corrected chi connectivity index (χ3v) is 3.23. The molecule has 1 amide bonds. The number of rotatable bonds is 4. The van der Waals surface area contributed by atoms with Crippen molar-refractivity contribution in [2.45, 2.75) is 45.1 Å². The zero-order valence-electron chi connectivity index (χ0n) is 10.1. The van der Waals surface area contributed by atoms with Gasteiger partial charge in [0.25, 0.3) is 0 Å². The van der Waals surface area contributed by atoms with Crippen LogP contribution in [0, 0.1) is 24.2 Å². The molecule has 3 unspecified atom stereocenters. The van der Waals surface area contributed by atoms with Crippen molar-refractivity contribution in [2.24, 2.45) is 11.8 Å². The van der Waals surface area contributed by atoms with E-state index in [1.54, 1.807) is 0 Å². The number of carboxylic acids is 1. The van der Waals surface area contributed by atoms with Gasteiger partial charge in [0.15, 0.2) is 0 Å². The fourth-order valence-corrected chi connectivity index (χ4v) is 2.32. The number of carboxylic acid groups (broad SMARTS) is 1. The van der Waals surface area contributed by atoms with Gasteiger partial charge in [0.1, 0.15) is 0 Å². The zero-order chi connectivity index (χ0) is 12.8. The summed E-state index contributed by atoms with van der Waals surface area (Å²) >= 11 is 0. The molecule has 3 atom stereocenters. The minimum Gasteiger partial charge on any atom is -0.481 e. The predicted molar refractivity (Wildman–Crippen MR) is 64.1 cm³/mol. The van der Waals surface area contributed by atoms with Crippen LogP contribution in [-0.4, -0.2) is 23.0 Å². The maximum absolute atomic E-state index is 12.0. The quantitative estimate of drug-likeness (QED) is 0.726. The van der Waals surface area contributed by atoms with Crippen LogP contribution >= 0.6 is 0 Å². The number of carbonyl (C=O) groups excluding carboxylic acids is 1. The van der Waals surface area contributed by atoms with Crippen LogP contribution in [0.25, 0.3) is 0 Å². The second kappa shape index (κ2) is 6.29. The Hall–Kier alpha value is -1.50. The molecular formula is C13H19NO3. The first-order valence-corrected chi connectivity index (χ1v) is 6.03. The molecule has 17 heavy (non-hydrogen) atoms. The predicted octanol–water partition coefficient (Wildman–Crippen LogP) is 1.41. The van der Waals surface area contributed by atoms with Crippen LogP contribution in [0.15, 0.2) is 0 Å². The number of nitrogens with one attached hydrogen (secondary N) is 1. The van der Waals surface area contributed by atoms with Crippen molar-refractivity contribution >= 4 is 11.9 Å². The first kappa shape index (κ1) is 13.6. The van der Waals surface area contributed by atoms with Gasteiger partial charge >= 0.3 is 5.97 Å². The monoisotopic (exact) mass is 237 g/mol. The molecule has 1 saturated carbocycles. The third kappa shape index (κ3) is 3.77. The van der Waals surface area contributed by atoms with Crippen molar-refractivity contribution < 1.29 is 14.7 Å². The highest BCUT2D eigenvalue weighted by Gasteiger charge is 2.35. The second-order valence-corrected chi connectivity index (χ2v) is 4.65. The summed E-state index contributed by atoms with van der Waals surface area (Å²) in [6.45, 7) is 1.83. The first-order valence-electron chi connectivity index (χ1n) is 6.03. The molecule has 0 aromatic carbocycles. The van der Waals surface area contributed by atoms with Gasteiger partial charge in [0.2, 0.25) is 5.91 Å². The molecule has 0 spiro atoms. The number of amides is 1. The fourth-order valence-electron chi connectivity index (χ4n) is 2.32. The van der Waals surface area contributed by atoms with E-state index in [0.29, 0.717) is 19.3 Å². The summed E-state index contributed by atoms with van der Waals surface area (Å²) in [5.74, 6) is 0.504. The van der Waals surface area contributed by atoms with E-state index in [4.69, 9.17) is 11.5 Å². The highest BCUT2D eigenvalue weighted by Crippen LogP contribution is 2.30. The lowest BCUT2D eigenvalue weighted by Gasteiger charge is -2.28. The summed E-state index contributed by atoms with van der Waals surface area (Å²) < 4.78 is 0. The van der Waals surface area contributed by atoms with Gasteiger partial charge in [0, 0.05) is 12.5 Å². The topological polar surface area (TPSA) is 66.4 Å². The Bertz CT molecular complexity index is 332. The molecule has 1 fully saturated rings. The minimum atomic E-state index is -0.866. The third-order valence-electron chi connectivity index (χ3n) is 3.23. The number of hydrogen-bond donors (Lipinski definition) is 2. The largest absolute Gasteiger partial charge is 0.481 e. The average molecular weight is 237 g/mol. The van der Waals surface area contributed by atoms with E-state index in [9.17, 15) is 9.59 Å². The van der Waals surface area contributed by atoms with Gasteiger partial charge in [-0.15, -0.1) is 12.3 Å². The molecular weight excluding hydrogens is 218 g/mol. The molecule has 4 heteroatoms. The molecule has 2 N–H and O–H groups in total. The van der Waals surface area contributed by atoms with Crippen molar-refractivity contribution in [3.63, 3.8) is 0 Å². The summed E-state index contributed by atoms with van der Waals surface area (Å²) in [6, 6.07) is -0.0936. The van der Waals surface area contributed by atoms with Gasteiger partial charge in [-0.3, -0.25) is 9.59 Å². The molecule has 1 rings (SSSR count). The average Bonchev–Trinajstić information content (AvgIpc) is 2.29. The van der Waals surface area contributed by atoms with Gasteiger partial charge in [-0.1, -0.05) is 12.8 Å². The van der Waals surface area contributed by atoms with E-state index >= 15 is 0 Å². The van der Waals surface area contributed by atoms with Crippen LogP contribution in [0.4, 0.5) is 0 Å². The zero-order valence-corrected chi connectivity index (χ0v) is 10.1. The van der Waals surface area contributed by atoms with Crippen LogP contribution in [0.5, 0.6) is 0 Å². The van der Waals surface area contributed by atoms with Crippen LogP contribution in [0.1, 0.15) is 39.0 Å². The van der Waals surface area contributed by atoms with Crippen LogP contribution in [-0.2, 0) is 9.59 Å². The van der Waals surface area contributed by atoms with Crippen molar-refractivity contribution in [1.29, 1.82) is 0 Å². The summed E-state index contributed by atoms with van der Waals surface area (Å²) in [7, 11) is 0. The Morgan fingerprint density at radius 3 is 2.53 bits per heavy atom. The number of hydrogen-bond acceptors (Lipinski definition) is 2. The standard InChI is InChI=1S/C13H19NO3/c1-3-6-9(2)14-12(15)10-7-4-5-8-11(10)13(16)17/h1,9-11H,4-8H2,2H3,(H,14,15)(H,16,17). The number of terminal acetylenes is 1. The summed E-state index contributed by atoms with van der Waals surface area (Å²) in [5, 5.41) is 11.9. The molecule has 94 valence electrons. The lowest BCUT2D eigenvalue weighted by atomic mass is 9.78. The Kier molecular flexibility index (Phi) is 5.02. The Morgan fingerprint density at radius 1 is 1.41 bits per heavy atom. The number of aliphatic carboxylic acids is 1. The van der Waals surface area contributed by atoms with Crippen molar-refractivity contribution in [1.82, 2.24) is 5.32 Å². The van der Waals surface area contributed by atoms with Gasteiger partial charge < -0.3 is 10.4 Å². The highest BCUT2D eigenvalue weighted by molar-refractivity contribution is 5.85. The Labute approximate surface area is 102 Å². The lowest BCUT2D eigenvalue weighted by Crippen LogP contribution is -2.43. The maximum Gasteiger partial charge on any atom is 0.307 e. The van der Waals surface area contributed by atoms with Gasteiger partial charge in [-0.25, -0.2) is 0 Å². The van der Waals surface area contributed by atoms with E-state index in [0.717, 1.165) is 12.8 Å². The molecule has 1 aliphatic carbocycles. The van der Waals surface area contributed by atoms with E-state index in [1.165, 1.54) is 0 Å². The van der Waals surface area contributed by atoms with Gasteiger partial charge in [-0.05, 0) is 19.8 Å². The molecule has 0 bridgehead atoms.